The molecule has 0 aliphatic carbocycles. The summed E-state index contributed by atoms with van der Waals surface area (Å²) in [7, 11) is 1.97. The number of carbonyl (C=O) groups excluding carboxylic acids is 1. The number of hydrogen-bond acceptors (Lipinski definition) is 3. The molecule has 1 fully saturated rings. The molecule has 0 bridgehead atoms. The number of rotatable bonds is 5. The Hall–Kier alpha value is -3.14. The zero-order valence-corrected chi connectivity index (χ0v) is 16.4. The van der Waals surface area contributed by atoms with Gasteiger partial charge in [-0.05, 0) is 30.3 Å². The number of halogens is 3. The van der Waals surface area contributed by atoms with E-state index in [0.29, 0.717) is 5.69 Å². The normalized spacial score (nSPS) is 19.2. The molecule has 1 aromatic carbocycles. The lowest BCUT2D eigenvalue weighted by Gasteiger charge is -2.22. The fraction of sp³-hybridized carbons (Fsp3) is 0.350. The molecule has 0 spiro atoms. The zero-order chi connectivity index (χ0) is 21.3. The van der Waals surface area contributed by atoms with E-state index in [9.17, 15) is 18.0 Å². The van der Waals surface area contributed by atoms with E-state index in [4.69, 9.17) is 0 Å². The summed E-state index contributed by atoms with van der Waals surface area (Å²) in [5.41, 5.74) is 0.688. The van der Waals surface area contributed by atoms with E-state index < -0.39 is 11.7 Å². The summed E-state index contributed by atoms with van der Waals surface area (Å²) < 4.78 is 43.0. The summed E-state index contributed by atoms with van der Waals surface area (Å²) in [6.07, 6.45) is 2.06. The van der Waals surface area contributed by atoms with Crippen molar-refractivity contribution in [2.24, 2.45) is 7.05 Å². The average Bonchev–Trinajstić information content (AvgIpc) is 3.43. The van der Waals surface area contributed by atoms with Gasteiger partial charge in [0, 0.05) is 26.1 Å². The van der Waals surface area contributed by atoms with Gasteiger partial charge in [-0.1, -0.05) is 0 Å². The van der Waals surface area contributed by atoms with Crippen LogP contribution in [0, 0.1) is 0 Å². The van der Waals surface area contributed by atoms with E-state index in [1.807, 2.05) is 29.9 Å². The number of aryl methyl sites for hydroxylation is 1. The van der Waals surface area contributed by atoms with Crippen molar-refractivity contribution in [3.63, 3.8) is 0 Å². The van der Waals surface area contributed by atoms with Gasteiger partial charge in [-0.25, -0.2) is 9.67 Å². The van der Waals surface area contributed by atoms with Gasteiger partial charge in [-0.2, -0.15) is 18.3 Å². The van der Waals surface area contributed by atoms with Gasteiger partial charge < -0.3 is 14.8 Å². The molecule has 30 heavy (non-hydrogen) atoms. The second-order valence-corrected chi connectivity index (χ2v) is 7.44. The van der Waals surface area contributed by atoms with Crippen LogP contribution >= 0.6 is 0 Å². The molecule has 158 valence electrons. The van der Waals surface area contributed by atoms with Crippen LogP contribution in [0.5, 0.6) is 0 Å². The average molecular weight is 419 g/mol. The van der Waals surface area contributed by atoms with Crippen molar-refractivity contribution < 1.29 is 22.9 Å². The molecule has 2 aromatic heterocycles. The van der Waals surface area contributed by atoms with Gasteiger partial charge in [0.05, 0.1) is 29.2 Å². The predicted octanol–water partition coefficient (Wildman–Crippen LogP) is 1.98. The van der Waals surface area contributed by atoms with Crippen LogP contribution in [0.2, 0.25) is 0 Å². The third-order valence-electron chi connectivity index (χ3n) is 5.48. The van der Waals surface area contributed by atoms with Crippen LogP contribution in [0.3, 0.4) is 0 Å². The maximum absolute atomic E-state index is 13.2. The highest BCUT2D eigenvalue weighted by atomic mass is 19.4. The lowest BCUT2D eigenvalue weighted by Crippen LogP contribution is -3.11. The Bertz CT molecular complexity index is 1030. The lowest BCUT2D eigenvalue weighted by atomic mass is 10.1. The SMILES string of the molecule is Cn1cccc1[C@H]1CCC[NH+]1CC(=O)Nc1cc(C(F)(F)F)ccc1-n1cncn1. The highest BCUT2D eigenvalue weighted by molar-refractivity contribution is 5.93. The van der Waals surface area contributed by atoms with Crippen LogP contribution in [-0.2, 0) is 18.0 Å². The third kappa shape index (κ3) is 4.09. The summed E-state index contributed by atoms with van der Waals surface area (Å²) in [4.78, 5) is 17.7. The van der Waals surface area contributed by atoms with E-state index >= 15 is 0 Å². The van der Waals surface area contributed by atoms with Crippen molar-refractivity contribution in [1.82, 2.24) is 19.3 Å². The topological polar surface area (TPSA) is 69.2 Å². The number of amides is 1. The van der Waals surface area contributed by atoms with Crippen molar-refractivity contribution in [3.05, 3.63) is 60.4 Å². The molecule has 3 heterocycles. The summed E-state index contributed by atoms with van der Waals surface area (Å²) in [6.45, 7) is 1.00. The highest BCUT2D eigenvalue weighted by Crippen LogP contribution is 2.33. The number of alkyl halides is 3. The molecule has 10 heteroatoms. The first-order valence-corrected chi connectivity index (χ1v) is 9.65. The van der Waals surface area contributed by atoms with Gasteiger partial charge in [0.15, 0.2) is 6.54 Å². The number of benzene rings is 1. The molecule has 2 atom stereocenters. The quantitative estimate of drug-likeness (QED) is 0.665. The fourth-order valence-electron chi connectivity index (χ4n) is 4.06. The van der Waals surface area contributed by atoms with E-state index in [1.54, 1.807) is 0 Å². The molecule has 0 radical (unpaired) electrons. The maximum Gasteiger partial charge on any atom is 0.416 e. The van der Waals surface area contributed by atoms with Gasteiger partial charge in [-0.3, -0.25) is 4.79 Å². The first-order chi connectivity index (χ1) is 14.3. The molecule has 0 saturated carbocycles. The van der Waals surface area contributed by atoms with Crippen molar-refractivity contribution >= 4 is 11.6 Å². The second-order valence-electron chi connectivity index (χ2n) is 7.44. The van der Waals surface area contributed by atoms with Gasteiger partial charge in [0.1, 0.15) is 18.7 Å². The minimum absolute atomic E-state index is 0.0503. The molecule has 2 N–H and O–H groups in total. The number of nitrogens with zero attached hydrogens (tertiary/aromatic N) is 4. The van der Waals surface area contributed by atoms with Crippen LogP contribution in [0.25, 0.3) is 5.69 Å². The monoisotopic (exact) mass is 419 g/mol. The first-order valence-electron chi connectivity index (χ1n) is 9.65. The molecule has 1 amide bonds. The van der Waals surface area contributed by atoms with Crippen molar-refractivity contribution in [2.45, 2.75) is 25.1 Å². The molecule has 1 saturated heterocycles. The summed E-state index contributed by atoms with van der Waals surface area (Å²) in [5.74, 6) is -0.341. The Labute approximate surface area is 171 Å². The number of likely N-dealkylation sites (tertiary alicyclic amines) is 1. The first kappa shape index (κ1) is 20.1. The number of hydrogen-bond donors (Lipinski definition) is 2. The molecular weight excluding hydrogens is 397 g/mol. The Morgan fingerprint density at radius 2 is 2.17 bits per heavy atom. The largest absolute Gasteiger partial charge is 0.416 e. The van der Waals surface area contributed by atoms with Crippen LogP contribution in [0.1, 0.15) is 30.1 Å². The standard InChI is InChI=1S/C20H21F3N6O/c1-27-8-2-4-17(27)18-5-3-9-28(18)11-19(30)26-15-10-14(20(21,22)23)6-7-16(15)29-13-24-12-25-29/h2,4,6-8,10,12-13,18H,3,5,9,11H2,1H3,(H,26,30)/p+1/t18-/m1/s1. The van der Waals surface area contributed by atoms with Crippen LogP contribution in [0.15, 0.2) is 49.2 Å². The van der Waals surface area contributed by atoms with Gasteiger partial charge in [-0.15, -0.1) is 0 Å². The van der Waals surface area contributed by atoms with Crippen LogP contribution < -0.4 is 10.2 Å². The predicted molar refractivity (Wildman–Crippen MR) is 103 cm³/mol. The summed E-state index contributed by atoms with van der Waals surface area (Å²) in [6, 6.07) is 7.38. The molecule has 3 aromatic rings. The second kappa shape index (κ2) is 7.94. The molecule has 4 rings (SSSR count). The summed E-state index contributed by atoms with van der Waals surface area (Å²) in [5, 5.41) is 6.63. The van der Waals surface area contributed by atoms with Crippen LogP contribution in [-0.4, -0.2) is 38.3 Å². The molecule has 1 aliphatic rings. The highest BCUT2D eigenvalue weighted by Gasteiger charge is 2.34. The minimum Gasteiger partial charge on any atom is -0.350 e. The number of aromatic nitrogens is 4. The third-order valence-corrected chi connectivity index (χ3v) is 5.48. The Morgan fingerprint density at radius 1 is 1.33 bits per heavy atom. The smallest absolute Gasteiger partial charge is 0.350 e. The zero-order valence-electron chi connectivity index (χ0n) is 16.4. The lowest BCUT2D eigenvalue weighted by molar-refractivity contribution is -0.910. The number of carbonyl (C=O) groups is 1. The van der Waals surface area contributed by atoms with Gasteiger partial charge >= 0.3 is 6.18 Å². The van der Waals surface area contributed by atoms with Crippen LogP contribution in [0.4, 0.5) is 18.9 Å². The Morgan fingerprint density at radius 3 is 2.83 bits per heavy atom. The number of quaternary nitrogens is 1. The minimum atomic E-state index is -4.52. The van der Waals surface area contributed by atoms with E-state index in [1.165, 1.54) is 23.4 Å². The van der Waals surface area contributed by atoms with E-state index in [-0.39, 0.29) is 24.2 Å². The van der Waals surface area contributed by atoms with E-state index in [2.05, 4.69) is 15.4 Å². The maximum atomic E-state index is 13.2. The van der Waals surface area contributed by atoms with E-state index in [0.717, 1.165) is 42.1 Å². The molecule has 1 unspecified atom stereocenters. The fourth-order valence-corrected chi connectivity index (χ4v) is 4.06. The molecule has 1 aliphatic heterocycles. The van der Waals surface area contributed by atoms with Crippen molar-refractivity contribution in [3.8, 4) is 5.69 Å². The Kier molecular flexibility index (Phi) is 5.33. The van der Waals surface area contributed by atoms with Crippen molar-refractivity contribution in [1.29, 1.82) is 0 Å². The Balaban J connectivity index is 1.55. The van der Waals surface area contributed by atoms with Gasteiger partial charge in [0.25, 0.3) is 5.91 Å². The summed E-state index contributed by atoms with van der Waals surface area (Å²) >= 11 is 0. The number of nitrogens with one attached hydrogen (secondary N) is 2. The molecule has 7 nitrogen and oxygen atoms in total. The molecular formula is C20H22F3N6O+. The number of anilines is 1. The van der Waals surface area contributed by atoms with Crippen molar-refractivity contribution in [2.75, 3.05) is 18.4 Å². The van der Waals surface area contributed by atoms with Gasteiger partial charge in [0.2, 0.25) is 0 Å².